The smallest absolute Gasteiger partial charge is 0.190 e. The lowest BCUT2D eigenvalue weighted by atomic mass is 9.95. The Kier molecular flexibility index (Phi) is 3.65. The molecule has 1 aromatic heterocycles. The maximum absolute atomic E-state index is 9.31. The number of hydrogen-bond acceptors (Lipinski definition) is 5. The van der Waals surface area contributed by atoms with E-state index in [2.05, 4.69) is 16.3 Å². The first kappa shape index (κ1) is 12.6. The van der Waals surface area contributed by atoms with Gasteiger partial charge in [-0.2, -0.15) is 5.26 Å². The molecule has 0 aliphatic carbocycles. The van der Waals surface area contributed by atoms with Gasteiger partial charge in [-0.1, -0.05) is 42.1 Å². The van der Waals surface area contributed by atoms with Crippen LogP contribution >= 0.6 is 11.8 Å². The highest BCUT2D eigenvalue weighted by atomic mass is 32.2. The van der Waals surface area contributed by atoms with Crippen molar-refractivity contribution < 1.29 is 0 Å². The first-order valence-electron chi connectivity index (χ1n) is 5.38. The monoisotopic (exact) mass is 259 g/mol. The summed E-state index contributed by atoms with van der Waals surface area (Å²) < 4.78 is 1.80. The summed E-state index contributed by atoms with van der Waals surface area (Å²) >= 11 is 1.42. The third-order valence-corrected chi connectivity index (χ3v) is 3.81. The van der Waals surface area contributed by atoms with Gasteiger partial charge < -0.3 is 10.3 Å². The van der Waals surface area contributed by atoms with Crippen LogP contribution in [-0.4, -0.2) is 20.5 Å². The highest BCUT2D eigenvalue weighted by Crippen LogP contribution is 2.25. The second-order valence-corrected chi connectivity index (χ2v) is 4.90. The third kappa shape index (κ3) is 2.53. The fourth-order valence-corrected chi connectivity index (χ4v) is 2.44. The van der Waals surface area contributed by atoms with Crippen molar-refractivity contribution in [1.82, 2.24) is 14.8 Å². The number of hydrogen-bond donors (Lipinski definition) is 1. The number of nitrogens with zero attached hydrogens (tertiary/aromatic N) is 4. The van der Waals surface area contributed by atoms with E-state index in [1.807, 2.05) is 37.4 Å². The zero-order chi connectivity index (χ0) is 13.0. The van der Waals surface area contributed by atoms with Crippen LogP contribution in [0.25, 0.3) is 0 Å². The average Bonchev–Trinajstić information content (AvgIpc) is 2.83. The summed E-state index contributed by atoms with van der Waals surface area (Å²) in [4.78, 5) is 0. The summed E-state index contributed by atoms with van der Waals surface area (Å²) in [7, 11) is 1.86. The van der Waals surface area contributed by atoms with Crippen LogP contribution in [0.1, 0.15) is 5.56 Å². The Bertz CT molecular complexity index is 559. The van der Waals surface area contributed by atoms with Crippen molar-refractivity contribution in [2.45, 2.75) is 10.7 Å². The Balaban J connectivity index is 2.15. The van der Waals surface area contributed by atoms with E-state index >= 15 is 0 Å². The van der Waals surface area contributed by atoms with Gasteiger partial charge in [0.2, 0.25) is 0 Å². The lowest BCUT2D eigenvalue weighted by Crippen LogP contribution is -2.37. The Hall–Kier alpha value is -1.84. The Morgan fingerprint density at radius 2 is 2.17 bits per heavy atom. The number of thioether (sulfide) groups is 1. The summed E-state index contributed by atoms with van der Waals surface area (Å²) in [5.74, 6) is 0.431. The van der Waals surface area contributed by atoms with Crippen LogP contribution < -0.4 is 5.73 Å². The van der Waals surface area contributed by atoms with Crippen molar-refractivity contribution in [3.8, 4) is 6.07 Å². The molecule has 1 unspecified atom stereocenters. The van der Waals surface area contributed by atoms with E-state index in [-0.39, 0.29) is 0 Å². The summed E-state index contributed by atoms with van der Waals surface area (Å²) in [6, 6.07) is 11.6. The maximum atomic E-state index is 9.31. The number of nitrogens with two attached hydrogens (primary N) is 1. The molecule has 0 aliphatic rings. The lowest BCUT2D eigenvalue weighted by molar-refractivity contribution is 0.655. The van der Waals surface area contributed by atoms with E-state index in [0.717, 1.165) is 10.7 Å². The molecular formula is C12H13N5S. The van der Waals surface area contributed by atoms with Gasteiger partial charge in [0, 0.05) is 12.8 Å². The summed E-state index contributed by atoms with van der Waals surface area (Å²) in [6.07, 6.45) is 1.62. The molecule has 0 fully saturated rings. The largest absolute Gasteiger partial charge is 0.312 e. The number of rotatable bonds is 4. The van der Waals surface area contributed by atoms with Crippen LogP contribution in [0.3, 0.4) is 0 Å². The van der Waals surface area contributed by atoms with Crippen LogP contribution in [0.5, 0.6) is 0 Å². The standard InChI is InChI=1S/C12H13N5S/c1-17-9-15-16-11(17)18-8-12(14,7-13)10-5-3-2-4-6-10/h2-6,9H,8,14H2,1H3. The topological polar surface area (TPSA) is 80.5 Å². The van der Waals surface area contributed by atoms with E-state index in [0.29, 0.717) is 5.75 Å². The number of benzene rings is 1. The molecule has 6 heteroatoms. The van der Waals surface area contributed by atoms with Crippen LogP contribution in [-0.2, 0) is 12.6 Å². The van der Waals surface area contributed by atoms with Gasteiger partial charge in [0.15, 0.2) is 5.16 Å². The van der Waals surface area contributed by atoms with Crippen molar-refractivity contribution in [2.24, 2.45) is 12.8 Å². The Morgan fingerprint density at radius 3 is 2.72 bits per heavy atom. The second-order valence-electron chi connectivity index (χ2n) is 3.96. The average molecular weight is 259 g/mol. The van der Waals surface area contributed by atoms with Gasteiger partial charge >= 0.3 is 0 Å². The van der Waals surface area contributed by atoms with E-state index in [4.69, 9.17) is 5.73 Å². The van der Waals surface area contributed by atoms with Crippen molar-refractivity contribution in [1.29, 1.82) is 5.26 Å². The fraction of sp³-hybridized carbons (Fsp3) is 0.250. The maximum Gasteiger partial charge on any atom is 0.190 e. The molecule has 18 heavy (non-hydrogen) atoms. The second kappa shape index (κ2) is 5.21. The summed E-state index contributed by atoms with van der Waals surface area (Å²) in [5, 5.41) is 17.8. The Morgan fingerprint density at radius 1 is 1.44 bits per heavy atom. The molecule has 2 aromatic rings. The predicted molar refractivity (Wildman–Crippen MR) is 69.6 cm³/mol. The SMILES string of the molecule is Cn1cnnc1SCC(N)(C#N)c1ccccc1. The van der Waals surface area contributed by atoms with E-state index in [1.165, 1.54) is 11.8 Å². The van der Waals surface area contributed by atoms with Gasteiger partial charge in [-0.05, 0) is 5.56 Å². The fourth-order valence-electron chi connectivity index (χ4n) is 1.50. The predicted octanol–water partition coefficient (Wildman–Crippen LogP) is 1.28. The van der Waals surface area contributed by atoms with Gasteiger partial charge in [-0.3, -0.25) is 0 Å². The van der Waals surface area contributed by atoms with Crippen LogP contribution in [0.15, 0.2) is 41.8 Å². The molecule has 2 rings (SSSR count). The molecule has 1 atom stereocenters. The van der Waals surface area contributed by atoms with E-state index in [9.17, 15) is 5.26 Å². The zero-order valence-corrected chi connectivity index (χ0v) is 10.8. The van der Waals surface area contributed by atoms with Crippen LogP contribution in [0, 0.1) is 11.3 Å². The molecule has 0 spiro atoms. The third-order valence-electron chi connectivity index (χ3n) is 2.59. The first-order chi connectivity index (χ1) is 8.65. The van der Waals surface area contributed by atoms with Crippen molar-refractivity contribution in [3.05, 3.63) is 42.2 Å². The number of nitriles is 1. The highest BCUT2D eigenvalue weighted by molar-refractivity contribution is 7.99. The van der Waals surface area contributed by atoms with Gasteiger partial charge in [-0.15, -0.1) is 10.2 Å². The van der Waals surface area contributed by atoms with E-state index in [1.54, 1.807) is 10.9 Å². The highest BCUT2D eigenvalue weighted by Gasteiger charge is 2.27. The normalized spacial score (nSPS) is 13.8. The molecular weight excluding hydrogens is 246 g/mol. The minimum Gasteiger partial charge on any atom is -0.312 e. The molecule has 1 heterocycles. The molecule has 0 radical (unpaired) electrons. The summed E-state index contributed by atoms with van der Waals surface area (Å²) in [5.41, 5.74) is 5.94. The molecule has 0 aliphatic heterocycles. The van der Waals surface area contributed by atoms with Crippen LogP contribution in [0.4, 0.5) is 0 Å². The van der Waals surface area contributed by atoms with Gasteiger partial charge in [0.05, 0.1) is 6.07 Å². The quantitative estimate of drug-likeness (QED) is 0.837. The molecule has 1 aromatic carbocycles. The number of aryl methyl sites for hydroxylation is 1. The minimum absolute atomic E-state index is 0.431. The molecule has 0 bridgehead atoms. The molecule has 0 saturated carbocycles. The summed E-state index contributed by atoms with van der Waals surface area (Å²) in [6.45, 7) is 0. The van der Waals surface area contributed by atoms with Crippen molar-refractivity contribution >= 4 is 11.8 Å². The first-order valence-corrected chi connectivity index (χ1v) is 6.37. The minimum atomic E-state index is -1.02. The molecule has 2 N–H and O–H groups in total. The molecule has 0 saturated heterocycles. The van der Waals surface area contributed by atoms with Crippen LogP contribution in [0.2, 0.25) is 0 Å². The van der Waals surface area contributed by atoms with Crippen molar-refractivity contribution in [3.63, 3.8) is 0 Å². The van der Waals surface area contributed by atoms with Gasteiger partial charge in [0.1, 0.15) is 11.9 Å². The molecule has 0 amide bonds. The molecule has 5 nitrogen and oxygen atoms in total. The van der Waals surface area contributed by atoms with E-state index < -0.39 is 5.54 Å². The van der Waals surface area contributed by atoms with Gasteiger partial charge in [-0.25, -0.2) is 0 Å². The Labute approximate surface area is 110 Å². The van der Waals surface area contributed by atoms with Gasteiger partial charge in [0.25, 0.3) is 0 Å². The lowest BCUT2D eigenvalue weighted by Gasteiger charge is -2.21. The zero-order valence-electron chi connectivity index (χ0n) is 9.95. The molecule has 92 valence electrons. The van der Waals surface area contributed by atoms with Crippen molar-refractivity contribution in [2.75, 3.05) is 5.75 Å². The number of aromatic nitrogens is 3.